The quantitative estimate of drug-likeness (QED) is 0.413. The summed E-state index contributed by atoms with van der Waals surface area (Å²) in [4.78, 5) is 0. The number of ether oxygens (including phenoxy) is 1. The average Bonchev–Trinajstić information content (AvgIpc) is 2.76. The molecule has 2 saturated carbocycles. The van der Waals surface area contributed by atoms with Gasteiger partial charge < -0.3 is 4.74 Å². The van der Waals surface area contributed by atoms with E-state index in [0.29, 0.717) is 22.6 Å². The van der Waals surface area contributed by atoms with Crippen molar-refractivity contribution in [1.29, 1.82) is 0 Å². The Morgan fingerprint density at radius 2 is 1.73 bits per heavy atom. The molecule has 3 heteroatoms. The van der Waals surface area contributed by atoms with Crippen molar-refractivity contribution in [2.24, 2.45) is 17.8 Å². The molecular formula is C27H36F2O. The average molecular weight is 415 g/mol. The van der Waals surface area contributed by atoms with Gasteiger partial charge in [0.1, 0.15) is 17.4 Å². The molecule has 0 aliphatic heterocycles. The van der Waals surface area contributed by atoms with Gasteiger partial charge in [-0.2, -0.15) is 0 Å². The molecule has 2 aliphatic rings. The lowest BCUT2D eigenvalue weighted by molar-refractivity contribution is 0.112. The van der Waals surface area contributed by atoms with Crippen molar-refractivity contribution in [3.8, 4) is 5.75 Å². The largest absolute Gasteiger partial charge is 0.497 e. The number of rotatable bonds is 7. The molecule has 2 aliphatic carbocycles. The first kappa shape index (κ1) is 21.6. The molecule has 2 aromatic rings. The molecule has 4 atom stereocenters. The molecule has 164 valence electrons. The fraction of sp³-hybridized carbons (Fsp3) is 0.630. The Morgan fingerprint density at radius 1 is 0.933 bits per heavy atom. The monoisotopic (exact) mass is 414 g/mol. The van der Waals surface area contributed by atoms with Gasteiger partial charge in [0.25, 0.3) is 0 Å². The lowest BCUT2D eigenvalue weighted by Crippen LogP contribution is -2.30. The van der Waals surface area contributed by atoms with Crippen LogP contribution in [-0.4, -0.2) is 7.11 Å². The number of benzene rings is 2. The third-order valence-electron chi connectivity index (χ3n) is 7.87. The van der Waals surface area contributed by atoms with E-state index >= 15 is 4.39 Å². The summed E-state index contributed by atoms with van der Waals surface area (Å²) in [5, 5.41) is 0.691. The van der Waals surface area contributed by atoms with Crippen LogP contribution in [0, 0.1) is 29.4 Å². The van der Waals surface area contributed by atoms with Crippen LogP contribution in [0.15, 0.2) is 24.3 Å². The Morgan fingerprint density at radius 3 is 2.53 bits per heavy atom. The molecule has 0 amide bonds. The first-order valence-corrected chi connectivity index (χ1v) is 12.1. The summed E-state index contributed by atoms with van der Waals surface area (Å²) in [6.45, 7) is 2.27. The van der Waals surface area contributed by atoms with Gasteiger partial charge in [0.15, 0.2) is 0 Å². The summed E-state index contributed by atoms with van der Waals surface area (Å²) in [6.07, 6.45) is 14.1. The summed E-state index contributed by atoms with van der Waals surface area (Å²) in [5.41, 5.74) is 0.715. The van der Waals surface area contributed by atoms with Crippen LogP contribution >= 0.6 is 0 Å². The topological polar surface area (TPSA) is 9.23 Å². The number of hydrogen-bond donors (Lipinski definition) is 0. The van der Waals surface area contributed by atoms with Crippen molar-refractivity contribution in [3.05, 3.63) is 41.5 Å². The number of methoxy groups -OCH3 is 1. The van der Waals surface area contributed by atoms with Crippen LogP contribution in [0.4, 0.5) is 8.78 Å². The van der Waals surface area contributed by atoms with Gasteiger partial charge in [-0.25, -0.2) is 8.78 Å². The maximum atomic E-state index is 15.4. The first-order chi connectivity index (χ1) is 14.6. The minimum atomic E-state index is -0.527. The molecule has 2 aromatic carbocycles. The second-order valence-corrected chi connectivity index (χ2v) is 9.73. The van der Waals surface area contributed by atoms with E-state index in [2.05, 4.69) is 6.92 Å². The Balaban J connectivity index is 1.43. The van der Waals surface area contributed by atoms with Crippen LogP contribution in [0.5, 0.6) is 5.75 Å². The highest BCUT2D eigenvalue weighted by Crippen LogP contribution is 2.49. The normalized spacial score (nSPS) is 26.5. The minimum Gasteiger partial charge on any atom is -0.497 e. The Labute approximate surface area is 180 Å². The van der Waals surface area contributed by atoms with Gasteiger partial charge in [0.05, 0.1) is 12.5 Å². The van der Waals surface area contributed by atoms with Gasteiger partial charge in [0, 0.05) is 6.07 Å². The number of unbranched alkanes of at least 4 members (excludes halogenated alkanes) is 3. The SMILES string of the molecule is CCCCCCC1CCC2CC(c3ccc4cc(OC)cc(F)c4c3F)CCC2C1. The lowest BCUT2D eigenvalue weighted by Gasteiger charge is -2.42. The van der Waals surface area contributed by atoms with Crippen LogP contribution in [0.1, 0.15) is 89.0 Å². The smallest absolute Gasteiger partial charge is 0.137 e. The summed E-state index contributed by atoms with van der Waals surface area (Å²) >= 11 is 0. The Kier molecular flexibility index (Phi) is 6.95. The number of halogens is 2. The van der Waals surface area contributed by atoms with Crippen LogP contribution in [0.3, 0.4) is 0 Å². The van der Waals surface area contributed by atoms with Crippen LogP contribution < -0.4 is 4.74 Å². The van der Waals surface area contributed by atoms with Crippen molar-refractivity contribution in [2.45, 2.75) is 83.5 Å². The molecule has 0 saturated heterocycles. The van der Waals surface area contributed by atoms with E-state index in [1.807, 2.05) is 12.1 Å². The fourth-order valence-electron chi connectivity index (χ4n) is 6.19. The molecular weight excluding hydrogens is 378 g/mol. The number of fused-ring (bicyclic) bond motifs is 2. The molecule has 0 heterocycles. The summed E-state index contributed by atoms with van der Waals surface area (Å²) < 4.78 is 35.1. The molecule has 4 rings (SSSR count). The molecule has 0 bridgehead atoms. The molecule has 0 radical (unpaired) electrons. The van der Waals surface area contributed by atoms with Crippen LogP contribution in [0.25, 0.3) is 10.8 Å². The van der Waals surface area contributed by atoms with E-state index in [-0.39, 0.29) is 17.1 Å². The lowest BCUT2D eigenvalue weighted by atomic mass is 9.63. The molecule has 2 fully saturated rings. The Bertz CT molecular complexity index is 862. The van der Waals surface area contributed by atoms with Gasteiger partial charge in [0.2, 0.25) is 0 Å². The predicted octanol–water partition coefficient (Wildman–Crippen LogP) is 8.40. The summed E-state index contributed by atoms with van der Waals surface area (Å²) in [7, 11) is 1.50. The van der Waals surface area contributed by atoms with Gasteiger partial charge in [-0.15, -0.1) is 0 Å². The van der Waals surface area contributed by atoms with E-state index in [4.69, 9.17) is 4.74 Å². The van der Waals surface area contributed by atoms with E-state index in [1.54, 1.807) is 6.07 Å². The van der Waals surface area contributed by atoms with E-state index in [9.17, 15) is 4.39 Å². The third-order valence-corrected chi connectivity index (χ3v) is 7.87. The molecule has 0 aromatic heterocycles. The van der Waals surface area contributed by atoms with Crippen LogP contribution in [0.2, 0.25) is 0 Å². The van der Waals surface area contributed by atoms with Crippen LogP contribution in [-0.2, 0) is 0 Å². The van der Waals surface area contributed by atoms with Crippen molar-refractivity contribution in [1.82, 2.24) is 0 Å². The zero-order valence-corrected chi connectivity index (χ0v) is 18.6. The van der Waals surface area contributed by atoms with E-state index in [1.165, 1.54) is 71.0 Å². The van der Waals surface area contributed by atoms with Crippen molar-refractivity contribution >= 4 is 10.8 Å². The highest BCUT2D eigenvalue weighted by Gasteiger charge is 2.36. The zero-order chi connectivity index (χ0) is 21.1. The fourth-order valence-corrected chi connectivity index (χ4v) is 6.19. The summed E-state index contributed by atoms with van der Waals surface area (Å²) in [5.74, 6) is 2.20. The van der Waals surface area contributed by atoms with Gasteiger partial charge in [-0.1, -0.05) is 57.6 Å². The van der Waals surface area contributed by atoms with Crippen molar-refractivity contribution in [2.75, 3.05) is 7.11 Å². The highest BCUT2D eigenvalue weighted by molar-refractivity contribution is 5.86. The maximum Gasteiger partial charge on any atom is 0.137 e. The third kappa shape index (κ3) is 4.50. The minimum absolute atomic E-state index is 0.117. The second kappa shape index (κ2) is 9.66. The molecule has 1 nitrogen and oxygen atoms in total. The molecule has 0 N–H and O–H groups in total. The second-order valence-electron chi connectivity index (χ2n) is 9.73. The maximum absolute atomic E-state index is 15.4. The van der Waals surface area contributed by atoms with E-state index in [0.717, 1.165) is 24.7 Å². The first-order valence-electron chi connectivity index (χ1n) is 12.1. The predicted molar refractivity (Wildman–Crippen MR) is 120 cm³/mol. The van der Waals surface area contributed by atoms with Crippen molar-refractivity contribution in [3.63, 3.8) is 0 Å². The molecule has 0 spiro atoms. The summed E-state index contributed by atoms with van der Waals surface area (Å²) in [6, 6.07) is 6.75. The van der Waals surface area contributed by atoms with Gasteiger partial charge in [-0.3, -0.25) is 0 Å². The standard InChI is InChI=1S/C27H36F2O/c1-3-4-5-6-7-18-8-9-20-15-21(11-10-19(20)14-18)24-13-12-22-16-23(30-2)17-25(28)26(22)27(24)29/h12-13,16-21H,3-11,14-15H2,1-2H3. The van der Waals surface area contributed by atoms with Crippen molar-refractivity contribution < 1.29 is 13.5 Å². The van der Waals surface area contributed by atoms with Gasteiger partial charge in [-0.05, 0) is 72.8 Å². The van der Waals surface area contributed by atoms with Gasteiger partial charge >= 0.3 is 0 Å². The molecule has 30 heavy (non-hydrogen) atoms. The Hall–Kier alpha value is -1.64. The van der Waals surface area contributed by atoms with E-state index < -0.39 is 5.82 Å². The zero-order valence-electron chi connectivity index (χ0n) is 18.6. The molecule has 4 unspecified atom stereocenters. The number of hydrogen-bond acceptors (Lipinski definition) is 1. The highest BCUT2D eigenvalue weighted by atomic mass is 19.1.